The Labute approximate surface area is 180 Å². The summed E-state index contributed by atoms with van der Waals surface area (Å²) in [5.41, 5.74) is 1.15. The average Bonchev–Trinajstić information content (AvgIpc) is 2.81. The number of carbonyl (C=O) groups is 2. The molecule has 2 aliphatic heterocycles. The van der Waals surface area contributed by atoms with Gasteiger partial charge >= 0.3 is 6.03 Å². The topological polar surface area (TPSA) is 64.7 Å². The quantitative estimate of drug-likeness (QED) is 0.790. The van der Waals surface area contributed by atoms with Gasteiger partial charge in [0.05, 0.1) is 0 Å². The first kappa shape index (κ1) is 21.0. The van der Waals surface area contributed by atoms with Crippen LogP contribution >= 0.6 is 0 Å². The second-order valence-corrected chi connectivity index (χ2v) is 9.16. The predicted molar refractivity (Wildman–Crippen MR) is 119 cm³/mol. The van der Waals surface area contributed by atoms with Gasteiger partial charge in [-0.25, -0.2) is 4.79 Å². The fourth-order valence-electron chi connectivity index (χ4n) is 5.11. The van der Waals surface area contributed by atoms with Crippen molar-refractivity contribution in [1.82, 2.24) is 15.1 Å². The number of hydrogen-bond acceptors (Lipinski definition) is 3. The van der Waals surface area contributed by atoms with Gasteiger partial charge in [-0.2, -0.15) is 0 Å². The van der Waals surface area contributed by atoms with Crippen LogP contribution in [-0.2, 0) is 4.79 Å². The summed E-state index contributed by atoms with van der Waals surface area (Å²) in [5, 5.41) is 6.79. The van der Waals surface area contributed by atoms with Crippen molar-refractivity contribution in [2.24, 2.45) is 5.92 Å². The fourth-order valence-corrected chi connectivity index (χ4v) is 5.11. The van der Waals surface area contributed by atoms with E-state index >= 15 is 0 Å². The van der Waals surface area contributed by atoms with Crippen molar-refractivity contribution in [3.05, 3.63) is 30.3 Å². The maximum atomic E-state index is 12.7. The lowest BCUT2D eigenvalue weighted by molar-refractivity contribution is -0.137. The van der Waals surface area contributed by atoms with Crippen LogP contribution in [0.5, 0.6) is 0 Å². The maximum absolute atomic E-state index is 12.7. The van der Waals surface area contributed by atoms with Gasteiger partial charge in [0.25, 0.3) is 0 Å². The minimum atomic E-state index is 0.0604. The van der Waals surface area contributed by atoms with Crippen LogP contribution in [0.15, 0.2) is 30.3 Å². The first-order valence-corrected chi connectivity index (χ1v) is 11.8. The molecule has 1 aliphatic carbocycles. The summed E-state index contributed by atoms with van der Waals surface area (Å²) in [6, 6.07) is 10.9. The summed E-state index contributed by atoms with van der Waals surface area (Å²) in [6.07, 6.45) is 9.47. The number of carbonyl (C=O) groups excluding carboxylic acids is 2. The number of benzene rings is 1. The molecule has 4 rings (SSSR count). The van der Waals surface area contributed by atoms with E-state index in [4.69, 9.17) is 0 Å². The van der Waals surface area contributed by atoms with Gasteiger partial charge in [-0.3, -0.25) is 4.79 Å². The molecule has 164 valence electrons. The van der Waals surface area contributed by atoms with Gasteiger partial charge in [-0.15, -0.1) is 0 Å². The maximum Gasteiger partial charge on any atom is 0.317 e. The van der Waals surface area contributed by atoms with Gasteiger partial charge in [0.15, 0.2) is 0 Å². The summed E-state index contributed by atoms with van der Waals surface area (Å²) in [6.45, 7) is 3.14. The predicted octanol–water partition coefficient (Wildman–Crippen LogP) is 3.84. The van der Waals surface area contributed by atoms with E-state index in [1.54, 1.807) is 0 Å². The molecule has 0 bridgehead atoms. The number of anilines is 1. The highest BCUT2D eigenvalue weighted by molar-refractivity contribution is 5.79. The van der Waals surface area contributed by atoms with E-state index in [0.717, 1.165) is 70.4 Å². The number of amides is 3. The lowest BCUT2D eigenvalue weighted by Crippen LogP contribution is -2.53. The van der Waals surface area contributed by atoms with Crippen molar-refractivity contribution in [1.29, 1.82) is 0 Å². The van der Waals surface area contributed by atoms with E-state index in [0.29, 0.717) is 11.9 Å². The molecule has 0 spiro atoms. The van der Waals surface area contributed by atoms with Crippen LogP contribution in [0.3, 0.4) is 0 Å². The smallest absolute Gasteiger partial charge is 0.317 e. The number of likely N-dealkylation sites (tertiary alicyclic amines) is 2. The molecule has 1 aromatic carbocycles. The molecule has 0 unspecified atom stereocenters. The Hall–Kier alpha value is -2.24. The highest BCUT2D eigenvalue weighted by Crippen LogP contribution is 2.26. The van der Waals surface area contributed by atoms with Gasteiger partial charge in [0.1, 0.15) is 0 Å². The van der Waals surface area contributed by atoms with Crippen molar-refractivity contribution in [2.45, 2.75) is 69.9 Å². The van der Waals surface area contributed by atoms with Crippen molar-refractivity contribution >= 4 is 17.6 Å². The Bertz CT molecular complexity index is 688. The molecule has 1 aromatic rings. The number of nitrogens with one attached hydrogen (secondary N) is 2. The van der Waals surface area contributed by atoms with Crippen LogP contribution in [0.25, 0.3) is 0 Å². The number of rotatable bonds is 4. The highest BCUT2D eigenvalue weighted by Gasteiger charge is 2.30. The van der Waals surface area contributed by atoms with E-state index in [1.807, 2.05) is 28.0 Å². The normalized spacial score (nSPS) is 22.0. The van der Waals surface area contributed by atoms with Crippen LogP contribution in [0.4, 0.5) is 10.5 Å². The first-order chi connectivity index (χ1) is 14.7. The minimum absolute atomic E-state index is 0.0604. The molecule has 1 saturated carbocycles. The molecule has 0 aromatic heterocycles. The second kappa shape index (κ2) is 10.2. The van der Waals surface area contributed by atoms with Crippen molar-refractivity contribution < 1.29 is 9.59 Å². The molecule has 6 nitrogen and oxygen atoms in total. The number of piperidine rings is 2. The van der Waals surface area contributed by atoms with E-state index in [9.17, 15) is 9.59 Å². The van der Waals surface area contributed by atoms with Gasteiger partial charge < -0.3 is 20.4 Å². The van der Waals surface area contributed by atoms with Crippen molar-refractivity contribution in [2.75, 3.05) is 31.5 Å². The summed E-state index contributed by atoms with van der Waals surface area (Å²) in [5.74, 6) is 0.600. The van der Waals surface area contributed by atoms with Crippen molar-refractivity contribution in [3.63, 3.8) is 0 Å². The van der Waals surface area contributed by atoms with Gasteiger partial charge in [-0.05, 0) is 50.7 Å². The van der Waals surface area contributed by atoms with Crippen LogP contribution in [-0.4, -0.2) is 60.0 Å². The third-order valence-corrected chi connectivity index (χ3v) is 7.02. The number of para-hydroxylation sites is 1. The average molecular weight is 413 g/mol. The monoisotopic (exact) mass is 412 g/mol. The van der Waals surface area contributed by atoms with Gasteiger partial charge in [0.2, 0.25) is 5.91 Å². The molecular weight excluding hydrogens is 376 g/mol. The van der Waals surface area contributed by atoms with Crippen LogP contribution < -0.4 is 10.6 Å². The Balaban J connectivity index is 1.16. The summed E-state index contributed by atoms with van der Waals surface area (Å²) in [4.78, 5) is 29.4. The third-order valence-electron chi connectivity index (χ3n) is 7.02. The lowest BCUT2D eigenvalue weighted by atomic mass is 9.87. The van der Waals surface area contributed by atoms with Crippen LogP contribution in [0, 0.1) is 5.92 Å². The van der Waals surface area contributed by atoms with Gasteiger partial charge in [-0.1, -0.05) is 37.5 Å². The van der Waals surface area contributed by atoms with E-state index in [-0.39, 0.29) is 18.0 Å². The molecule has 2 N–H and O–H groups in total. The Morgan fingerprint density at radius 1 is 0.733 bits per heavy atom. The second-order valence-electron chi connectivity index (χ2n) is 9.16. The van der Waals surface area contributed by atoms with E-state index in [1.165, 1.54) is 19.3 Å². The molecule has 2 saturated heterocycles. The molecule has 0 atom stereocenters. The Kier molecular flexibility index (Phi) is 7.13. The summed E-state index contributed by atoms with van der Waals surface area (Å²) in [7, 11) is 0. The standard InChI is InChI=1S/C24H36N4O2/c29-23(19-7-3-1-4-8-19)27-15-11-22(12-16-27)26-24(30)28-17-13-21(14-18-28)25-20-9-5-2-6-10-20/h2,5-6,9-10,19,21-22,25H,1,3-4,7-8,11-18H2,(H,26,30). The molecule has 30 heavy (non-hydrogen) atoms. The number of urea groups is 1. The Morgan fingerprint density at radius 2 is 1.33 bits per heavy atom. The number of nitrogens with zero attached hydrogens (tertiary/aromatic N) is 2. The zero-order valence-corrected chi connectivity index (χ0v) is 18.0. The third kappa shape index (κ3) is 5.46. The largest absolute Gasteiger partial charge is 0.382 e. The highest BCUT2D eigenvalue weighted by atomic mass is 16.2. The fraction of sp³-hybridized carbons (Fsp3) is 0.667. The molecule has 3 amide bonds. The molecule has 0 radical (unpaired) electrons. The van der Waals surface area contributed by atoms with Crippen LogP contribution in [0.1, 0.15) is 57.8 Å². The SMILES string of the molecule is O=C(NC1CCN(C(=O)C2CCCCC2)CC1)N1CCC(Nc2ccccc2)CC1. The molecule has 3 aliphatic rings. The molecule has 2 heterocycles. The Morgan fingerprint density at radius 3 is 2.00 bits per heavy atom. The van der Waals surface area contributed by atoms with E-state index in [2.05, 4.69) is 22.8 Å². The number of hydrogen-bond donors (Lipinski definition) is 2. The molecule has 6 heteroatoms. The molecule has 3 fully saturated rings. The zero-order chi connectivity index (χ0) is 20.8. The lowest BCUT2D eigenvalue weighted by Gasteiger charge is -2.37. The minimum Gasteiger partial charge on any atom is -0.382 e. The molecular formula is C24H36N4O2. The summed E-state index contributed by atoms with van der Waals surface area (Å²) >= 11 is 0. The van der Waals surface area contributed by atoms with Crippen LogP contribution in [0.2, 0.25) is 0 Å². The zero-order valence-electron chi connectivity index (χ0n) is 18.0. The van der Waals surface area contributed by atoms with Crippen molar-refractivity contribution in [3.8, 4) is 0 Å². The first-order valence-electron chi connectivity index (χ1n) is 11.8. The van der Waals surface area contributed by atoms with Gasteiger partial charge in [0, 0.05) is 49.9 Å². The van der Waals surface area contributed by atoms with E-state index < -0.39 is 0 Å². The summed E-state index contributed by atoms with van der Waals surface area (Å²) < 4.78 is 0.